The summed E-state index contributed by atoms with van der Waals surface area (Å²) in [6.07, 6.45) is -5.08. The fraction of sp³-hybridized carbons (Fsp3) is 0.435. The average molecular weight is 667 g/mol. The van der Waals surface area contributed by atoms with Crippen molar-refractivity contribution in [1.82, 2.24) is 19.4 Å². The lowest BCUT2D eigenvalue weighted by Gasteiger charge is -2.41. The third-order valence-electron chi connectivity index (χ3n) is 5.70. The largest absolute Gasteiger partial charge is 0.490 e. The highest BCUT2D eigenvalue weighted by Gasteiger charge is 2.65. The van der Waals surface area contributed by atoms with E-state index < -0.39 is 45.2 Å². The number of aliphatic carboxylic acids is 1. The Morgan fingerprint density at radius 1 is 1.00 bits per heavy atom. The zero-order chi connectivity index (χ0) is 33.2. The number of carbonyl (C=O) groups excluding carboxylic acids is 1. The zero-order valence-electron chi connectivity index (χ0n) is 22.9. The molecule has 1 aliphatic heterocycles. The van der Waals surface area contributed by atoms with Crippen LogP contribution in [0.3, 0.4) is 0 Å². The number of halogens is 8. The van der Waals surface area contributed by atoms with Gasteiger partial charge in [-0.25, -0.2) is 9.48 Å². The summed E-state index contributed by atoms with van der Waals surface area (Å²) in [6.45, 7) is 4.06. The van der Waals surface area contributed by atoms with Crippen molar-refractivity contribution < 1.29 is 61.5 Å². The van der Waals surface area contributed by atoms with Crippen LogP contribution >= 0.6 is 10.2 Å². The highest BCUT2D eigenvalue weighted by molar-refractivity contribution is 8.45. The molecule has 0 amide bonds. The quantitative estimate of drug-likeness (QED) is 0.243. The molecule has 1 fully saturated rings. The topological polar surface area (TPSA) is 144 Å². The van der Waals surface area contributed by atoms with Gasteiger partial charge in [0, 0.05) is 30.4 Å². The molecule has 44 heavy (non-hydrogen) atoms. The number of rotatable bonds is 9. The number of carboxylic acid groups (broad SMARTS) is 1. The molecular weight excluding hydrogens is 640 g/mol. The highest BCUT2D eigenvalue weighted by atomic mass is 32.5. The van der Waals surface area contributed by atoms with Gasteiger partial charge in [0.25, 0.3) is 5.88 Å². The van der Waals surface area contributed by atoms with E-state index in [-0.39, 0.29) is 67.6 Å². The molecule has 21 heteroatoms. The first-order chi connectivity index (χ1) is 20.1. The van der Waals surface area contributed by atoms with Gasteiger partial charge >= 0.3 is 22.4 Å². The molecule has 0 atom stereocenters. The predicted molar refractivity (Wildman–Crippen MR) is 138 cm³/mol. The van der Waals surface area contributed by atoms with E-state index in [4.69, 9.17) is 29.5 Å². The second-order valence-corrected chi connectivity index (χ2v) is 11.4. The van der Waals surface area contributed by atoms with Gasteiger partial charge in [0.2, 0.25) is 5.62 Å². The smallest absolute Gasteiger partial charge is 0.488 e. The fourth-order valence-electron chi connectivity index (χ4n) is 3.74. The van der Waals surface area contributed by atoms with Crippen molar-refractivity contribution in [3.63, 3.8) is 0 Å². The Bertz CT molecular complexity index is 1600. The molecule has 1 aliphatic rings. The Labute approximate surface area is 242 Å². The third-order valence-corrected chi connectivity index (χ3v) is 6.83. The zero-order valence-corrected chi connectivity index (χ0v) is 23.7. The molecule has 12 nitrogen and oxygen atoms in total. The summed E-state index contributed by atoms with van der Waals surface area (Å²) in [4.78, 5) is 21.2. The van der Waals surface area contributed by atoms with E-state index >= 15 is 0 Å². The second kappa shape index (κ2) is 11.7. The molecule has 3 aromatic rings. The number of ketones is 1. The molecule has 1 saturated heterocycles. The number of hydrogen-bond acceptors (Lipinski definition) is 9. The number of benzene rings is 1. The first kappa shape index (κ1) is 34.4. The van der Waals surface area contributed by atoms with Crippen LogP contribution in [0.25, 0.3) is 5.65 Å². The molecule has 0 aliphatic carbocycles. The van der Waals surface area contributed by atoms with Crippen LogP contribution in [-0.2, 0) is 16.1 Å². The van der Waals surface area contributed by atoms with Gasteiger partial charge in [-0.2, -0.15) is 17.7 Å². The van der Waals surface area contributed by atoms with Crippen molar-refractivity contribution in [3.05, 3.63) is 35.4 Å². The van der Waals surface area contributed by atoms with Gasteiger partial charge < -0.3 is 24.2 Å². The third kappa shape index (κ3) is 8.49. The molecule has 2 aromatic heterocycles. The number of anilines is 1. The predicted octanol–water partition coefficient (Wildman–Crippen LogP) is 4.82. The van der Waals surface area contributed by atoms with Crippen LogP contribution < -0.4 is 20.0 Å². The molecular formula is C23H26F8N6O6S. The number of fused-ring (bicyclic) bond motifs is 1. The van der Waals surface area contributed by atoms with Gasteiger partial charge in [0.15, 0.2) is 17.2 Å². The molecule has 0 radical (unpaired) electrons. The van der Waals surface area contributed by atoms with Crippen LogP contribution in [0.5, 0.6) is 11.6 Å². The molecule has 0 bridgehead atoms. The minimum atomic E-state index is -10.1. The Hall–Kier alpha value is -4.14. The van der Waals surface area contributed by atoms with E-state index in [1.165, 1.54) is 11.0 Å². The standard InChI is InChI=1S/C21H25F5N6O4S.C2HF3O2/c1-3-35-18-12-19-28-31(21(27)32(19)29-20(18)36-4-2)13-17(33)14-9-15(30-5-7-34-8-6-30)11-16(10-14)37(22,23,24,25)26;3-2(4,5)1(6)7/h9-12,27H,3-8,13H2,1-2H3;(H,6,7). The van der Waals surface area contributed by atoms with Crippen molar-refractivity contribution in [1.29, 1.82) is 5.41 Å². The molecule has 3 heterocycles. The minimum absolute atomic E-state index is 0.0833. The van der Waals surface area contributed by atoms with E-state index in [0.29, 0.717) is 12.7 Å². The lowest BCUT2D eigenvalue weighted by atomic mass is 10.1. The van der Waals surface area contributed by atoms with E-state index in [9.17, 15) is 37.4 Å². The molecule has 246 valence electrons. The van der Waals surface area contributed by atoms with Gasteiger partial charge in [-0.05, 0) is 32.0 Å². The number of nitrogens with one attached hydrogen (secondary N) is 1. The van der Waals surface area contributed by atoms with E-state index in [2.05, 4.69) is 10.2 Å². The summed E-state index contributed by atoms with van der Waals surface area (Å²) in [7, 11) is -10.1. The molecule has 4 rings (SSSR count). The summed E-state index contributed by atoms with van der Waals surface area (Å²) in [6, 6.07) is 3.06. The number of aromatic nitrogens is 4. The van der Waals surface area contributed by atoms with Crippen molar-refractivity contribution in [2.45, 2.75) is 31.5 Å². The molecule has 2 N–H and O–H groups in total. The average Bonchev–Trinajstić information content (AvgIpc) is 3.21. The monoisotopic (exact) mass is 666 g/mol. The van der Waals surface area contributed by atoms with Crippen LogP contribution in [0.2, 0.25) is 0 Å². The normalized spacial score (nSPS) is 15.5. The maximum Gasteiger partial charge on any atom is 0.490 e. The number of morpholine rings is 1. The van der Waals surface area contributed by atoms with Crippen LogP contribution in [-0.4, -0.2) is 81.9 Å². The first-order valence-corrected chi connectivity index (χ1v) is 14.5. The maximum absolute atomic E-state index is 13.7. The summed E-state index contributed by atoms with van der Waals surface area (Å²) in [5, 5.41) is 23.7. The summed E-state index contributed by atoms with van der Waals surface area (Å²) in [5.41, 5.74) is -1.04. The maximum atomic E-state index is 13.7. The number of Topliss-reactive ketones (excluding diaryl/α,β-unsaturated/α-hetero) is 1. The van der Waals surface area contributed by atoms with Crippen LogP contribution in [0, 0.1) is 5.41 Å². The molecule has 1 aromatic carbocycles. The summed E-state index contributed by atoms with van der Waals surface area (Å²) in [5.74, 6) is -3.37. The van der Waals surface area contributed by atoms with Gasteiger partial charge in [0.1, 0.15) is 11.4 Å². The first-order valence-electron chi connectivity index (χ1n) is 12.5. The Balaban J connectivity index is 0.000000676. The van der Waals surface area contributed by atoms with Crippen LogP contribution in [0.4, 0.5) is 38.3 Å². The van der Waals surface area contributed by atoms with Gasteiger partial charge in [-0.15, -0.1) is 10.2 Å². The van der Waals surface area contributed by atoms with Gasteiger partial charge in [-0.1, -0.05) is 19.4 Å². The van der Waals surface area contributed by atoms with E-state index in [0.717, 1.165) is 15.3 Å². The molecule has 0 unspecified atom stereocenters. The number of carbonyl (C=O) groups is 2. The van der Waals surface area contributed by atoms with Gasteiger partial charge in [0.05, 0.1) is 26.4 Å². The summed E-state index contributed by atoms with van der Waals surface area (Å²) < 4.78 is 118. The summed E-state index contributed by atoms with van der Waals surface area (Å²) >= 11 is 0. The second-order valence-electron chi connectivity index (χ2n) is 8.94. The van der Waals surface area contributed by atoms with Crippen molar-refractivity contribution in [2.75, 3.05) is 44.4 Å². The fourth-order valence-corrected chi connectivity index (χ4v) is 4.44. The minimum Gasteiger partial charge on any atom is -0.488 e. The van der Waals surface area contributed by atoms with Crippen LogP contribution in [0.1, 0.15) is 24.2 Å². The SMILES string of the molecule is CCOc1cc2nn(CC(=O)c3cc(N4CCOCC4)cc(S(F)(F)(F)(F)F)c3)c(=N)n2nc1OCC.O=C(O)C(F)(F)F. The Morgan fingerprint density at radius 3 is 2.11 bits per heavy atom. The van der Waals surface area contributed by atoms with E-state index in [1.807, 2.05) is 0 Å². The van der Waals surface area contributed by atoms with Crippen molar-refractivity contribution in [3.8, 4) is 11.6 Å². The van der Waals surface area contributed by atoms with Crippen molar-refractivity contribution in [2.24, 2.45) is 0 Å². The van der Waals surface area contributed by atoms with E-state index in [1.54, 1.807) is 13.8 Å². The highest BCUT2D eigenvalue weighted by Crippen LogP contribution is 3.02. The number of alkyl halides is 3. The van der Waals surface area contributed by atoms with Gasteiger partial charge in [-0.3, -0.25) is 10.2 Å². The number of nitrogens with zero attached hydrogens (tertiary/aromatic N) is 5. The lowest BCUT2D eigenvalue weighted by Crippen LogP contribution is -2.36. The number of carboxylic acids is 1. The lowest BCUT2D eigenvalue weighted by molar-refractivity contribution is -0.192. The Morgan fingerprint density at radius 2 is 1.59 bits per heavy atom. The van der Waals surface area contributed by atoms with Crippen molar-refractivity contribution >= 4 is 33.3 Å². The Kier molecular flexibility index (Phi) is 9.17. The van der Waals surface area contributed by atoms with Crippen LogP contribution in [0.15, 0.2) is 29.2 Å². The number of ether oxygens (including phenoxy) is 3. The molecule has 0 spiro atoms. The molecule has 0 saturated carbocycles. The number of hydrogen-bond donors (Lipinski definition) is 2.